The van der Waals surface area contributed by atoms with Crippen LogP contribution in [-0.2, 0) is 9.53 Å². The molecule has 1 aromatic carbocycles. The molecule has 0 amide bonds. The summed E-state index contributed by atoms with van der Waals surface area (Å²) in [5.74, 6) is 0.217. The Morgan fingerprint density at radius 3 is 2.70 bits per heavy atom. The van der Waals surface area contributed by atoms with Crippen molar-refractivity contribution in [1.82, 2.24) is 0 Å². The Morgan fingerprint density at radius 2 is 2.15 bits per heavy atom. The average molecular weight is 294 g/mol. The van der Waals surface area contributed by atoms with E-state index in [2.05, 4.69) is 4.99 Å². The van der Waals surface area contributed by atoms with Crippen molar-refractivity contribution in [3.8, 4) is 0 Å². The highest BCUT2D eigenvalue weighted by Crippen LogP contribution is 2.35. The Morgan fingerprint density at radius 1 is 1.50 bits per heavy atom. The van der Waals surface area contributed by atoms with Gasteiger partial charge in [0.05, 0.1) is 17.2 Å². The SMILES string of the molecule is CCOC(=O)C1(C)N=C(c2ccc([N+](=O)[O-])cc2)CS1. The van der Waals surface area contributed by atoms with Gasteiger partial charge in [0.1, 0.15) is 0 Å². The van der Waals surface area contributed by atoms with Crippen LogP contribution in [0.5, 0.6) is 0 Å². The molecule has 1 aliphatic heterocycles. The van der Waals surface area contributed by atoms with E-state index in [0.29, 0.717) is 12.4 Å². The molecule has 0 N–H and O–H groups in total. The van der Waals surface area contributed by atoms with E-state index in [0.717, 1.165) is 11.3 Å². The number of hydrogen-bond donors (Lipinski definition) is 0. The van der Waals surface area contributed by atoms with Gasteiger partial charge in [-0.3, -0.25) is 15.1 Å². The molecule has 1 heterocycles. The molecule has 0 spiro atoms. The lowest BCUT2D eigenvalue weighted by Crippen LogP contribution is -2.29. The number of hydrogen-bond acceptors (Lipinski definition) is 6. The largest absolute Gasteiger partial charge is 0.464 e. The molecule has 6 nitrogen and oxygen atoms in total. The van der Waals surface area contributed by atoms with Crippen LogP contribution < -0.4 is 0 Å². The number of carbonyl (C=O) groups is 1. The number of rotatable bonds is 4. The molecule has 1 unspecified atom stereocenters. The summed E-state index contributed by atoms with van der Waals surface area (Å²) >= 11 is 1.39. The number of ether oxygens (including phenoxy) is 1. The van der Waals surface area contributed by atoms with E-state index in [4.69, 9.17) is 4.74 Å². The van der Waals surface area contributed by atoms with Gasteiger partial charge in [-0.1, -0.05) is 0 Å². The van der Waals surface area contributed by atoms with E-state index in [1.807, 2.05) is 0 Å². The molecule has 0 saturated carbocycles. The molecule has 0 bridgehead atoms. The first-order chi connectivity index (χ1) is 9.46. The zero-order valence-corrected chi connectivity index (χ0v) is 12.0. The molecule has 0 saturated heterocycles. The summed E-state index contributed by atoms with van der Waals surface area (Å²) < 4.78 is 5.01. The van der Waals surface area contributed by atoms with Crippen LogP contribution in [0.15, 0.2) is 29.3 Å². The maximum atomic E-state index is 11.8. The van der Waals surface area contributed by atoms with Gasteiger partial charge < -0.3 is 4.74 Å². The summed E-state index contributed by atoms with van der Waals surface area (Å²) in [6, 6.07) is 6.16. The predicted molar refractivity (Wildman–Crippen MR) is 77.1 cm³/mol. The fraction of sp³-hybridized carbons (Fsp3) is 0.385. The van der Waals surface area contributed by atoms with E-state index in [1.54, 1.807) is 26.0 Å². The fourth-order valence-electron chi connectivity index (χ4n) is 1.82. The van der Waals surface area contributed by atoms with Gasteiger partial charge >= 0.3 is 5.97 Å². The zero-order chi connectivity index (χ0) is 14.8. The Hall–Kier alpha value is -1.89. The average Bonchev–Trinajstić information content (AvgIpc) is 2.83. The van der Waals surface area contributed by atoms with Crippen molar-refractivity contribution in [3.05, 3.63) is 39.9 Å². The van der Waals surface area contributed by atoms with Gasteiger partial charge in [-0.15, -0.1) is 11.8 Å². The van der Waals surface area contributed by atoms with E-state index in [9.17, 15) is 14.9 Å². The van der Waals surface area contributed by atoms with Crippen molar-refractivity contribution in [2.24, 2.45) is 4.99 Å². The van der Waals surface area contributed by atoms with Crippen LogP contribution in [0.4, 0.5) is 5.69 Å². The summed E-state index contributed by atoms with van der Waals surface area (Å²) in [4.78, 5) is 25.5. The molecule has 0 aliphatic carbocycles. The Bertz CT molecular complexity index is 570. The second kappa shape index (κ2) is 5.62. The van der Waals surface area contributed by atoms with Crippen LogP contribution in [0.25, 0.3) is 0 Å². The highest BCUT2D eigenvalue weighted by Gasteiger charge is 2.40. The van der Waals surface area contributed by atoms with Crippen molar-refractivity contribution in [2.75, 3.05) is 12.4 Å². The first-order valence-corrected chi connectivity index (χ1v) is 7.09. The molecular formula is C13H14N2O4S. The molecule has 0 fully saturated rings. The Labute approximate surface area is 120 Å². The Kier molecular flexibility index (Phi) is 4.08. The maximum absolute atomic E-state index is 11.8. The standard InChI is InChI=1S/C13H14N2O4S/c1-3-19-12(16)13(2)14-11(8-20-13)9-4-6-10(7-5-9)15(17)18/h4-7H,3,8H2,1-2H3. The number of non-ortho nitro benzene ring substituents is 1. The van der Waals surface area contributed by atoms with Gasteiger partial charge in [0, 0.05) is 17.9 Å². The van der Waals surface area contributed by atoms with Gasteiger partial charge in [-0.05, 0) is 31.5 Å². The van der Waals surface area contributed by atoms with Crippen LogP contribution in [-0.4, -0.2) is 33.8 Å². The number of carbonyl (C=O) groups excluding carboxylic acids is 1. The molecule has 1 aliphatic rings. The predicted octanol–water partition coefficient (Wildman–Crippen LogP) is 2.41. The fourth-order valence-corrected chi connectivity index (χ4v) is 2.82. The minimum absolute atomic E-state index is 0.0353. The lowest BCUT2D eigenvalue weighted by atomic mass is 10.1. The van der Waals surface area contributed by atoms with Crippen molar-refractivity contribution in [2.45, 2.75) is 18.7 Å². The molecule has 20 heavy (non-hydrogen) atoms. The van der Waals surface area contributed by atoms with Crippen LogP contribution in [0, 0.1) is 10.1 Å². The summed E-state index contributed by atoms with van der Waals surface area (Å²) in [5.41, 5.74) is 1.57. The molecule has 1 atom stereocenters. The summed E-state index contributed by atoms with van der Waals surface area (Å²) in [6.45, 7) is 3.78. The van der Waals surface area contributed by atoms with Crippen molar-refractivity contribution in [3.63, 3.8) is 0 Å². The van der Waals surface area contributed by atoms with E-state index in [-0.39, 0.29) is 11.7 Å². The van der Waals surface area contributed by atoms with Crippen LogP contribution >= 0.6 is 11.8 Å². The number of nitro benzene ring substituents is 1. The number of thioether (sulfide) groups is 1. The molecule has 7 heteroatoms. The number of nitro groups is 1. The quantitative estimate of drug-likeness (QED) is 0.484. The first-order valence-electron chi connectivity index (χ1n) is 6.11. The molecule has 1 aromatic rings. The second-order valence-corrected chi connectivity index (χ2v) is 5.73. The van der Waals surface area contributed by atoms with Gasteiger partial charge in [-0.2, -0.15) is 0 Å². The normalized spacial score (nSPS) is 21.4. The number of esters is 1. The van der Waals surface area contributed by atoms with Crippen LogP contribution in [0.2, 0.25) is 0 Å². The van der Waals surface area contributed by atoms with Crippen molar-refractivity contribution < 1.29 is 14.5 Å². The summed E-state index contributed by atoms with van der Waals surface area (Å²) in [7, 11) is 0. The smallest absolute Gasteiger partial charge is 0.344 e. The van der Waals surface area contributed by atoms with Crippen molar-refractivity contribution in [1.29, 1.82) is 0 Å². The van der Waals surface area contributed by atoms with Crippen LogP contribution in [0.1, 0.15) is 19.4 Å². The lowest BCUT2D eigenvalue weighted by Gasteiger charge is -2.16. The third-order valence-corrected chi connectivity index (χ3v) is 4.14. The minimum Gasteiger partial charge on any atom is -0.464 e. The highest BCUT2D eigenvalue weighted by atomic mass is 32.2. The maximum Gasteiger partial charge on any atom is 0.344 e. The van der Waals surface area contributed by atoms with Crippen LogP contribution in [0.3, 0.4) is 0 Å². The zero-order valence-electron chi connectivity index (χ0n) is 11.2. The molecule has 106 valence electrons. The lowest BCUT2D eigenvalue weighted by molar-refractivity contribution is -0.384. The third-order valence-electron chi connectivity index (χ3n) is 2.90. The summed E-state index contributed by atoms with van der Waals surface area (Å²) in [6.07, 6.45) is 0. The van der Waals surface area contributed by atoms with Gasteiger partial charge in [0.2, 0.25) is 4.87 Å². The highest BCUT2D eigenvalue weighted by molar-refractivity contribution is 8.02. The number of benzene rings is 1. The molecule has 2 rings (SSSR count). The third kappa shape index (κ3) is 2.82. The first kappa shape index (κ1) is 14.5. The van der Waals surface area contributed by atoms with Gasteiger partial charge in [0.25, 0.3) is 5.69 Å². The van der Waals surface area contributed by atoms with Gasteiger partial charge in [-0.25, -0.2) is 4.79 Å². The second-order valence-electron chi connectivity index (χ2n) is 4.35. The summed E-state index contributed by atoms with van der Waals surface area (Å²) in [5, 5.41) is 10.6. The van der Waals surface area contributed by atoms with E-state index >= 15 is 0 Å². The number of nitrogens with zero attached hydrogens (tertiary/aromatic N) is 2. The Balaban J connectivity index is 2.22. The minimum atomic E-state index is -0.923. The number of aliphatic imine (C=N–C) groups is 1. The van der Waals surface area contributed by atoms with E-state index < -0.39 is 9.79 Å². The van der Waals surface area contributed by atoms with E-state index in [1.165, 1.54) is 23.9 Å². The van der Waals surface area contributed by atoms with Crippen molar-refractivity contribution >= 4 is 29.1 Å². The molecular weight excluding hydrogens is 280 g/mol. The molecule has 0 aromatic heterocycles. The topological polar surface area (TPSA) is 81.8 Å². The van der Waals surface area contributed by atoms with Gasteiger partial charge in [0.15, 0.2) is 0 Å². The monoisotopic (exact) mass is 294 g/mol. The molecule has 0 radical (unpaired) electrons.